The summed E-state index contributed by atoms with van der Waals surface area (Å²) in [7, 11) is 0. The van der Waals surface area contributed by atoms with Gasteiger partial charge >= 0.3 is 12.2 Å². The molecule has 162 valence electrons. The number of hydrogen-bond acceptors (Lipinski definition) is 4. The van der Waals surface area contributed by atoms with Crippen molar-refractivity contribution in [3.63, 3.8) is 0 Å². The molecule has 1 aliphatic heterocycles. The van der Waals surface area contributed by atoms with Crippen molar-refractivity contribution in [3.05, 3.63) is 65.5 Å². The molecule has 0 aliphatic carbocycles. The molecule has 0 bridgehead atoms. The highest BCUT2D eigenvalue weighted by Gasteiger charge is 2.30. The summed E-state index contributed by atoms with van der Waals surface area (Å²) >= 11 is 0. The summed E-state index contributed by atoms with van der Waals surface area (Å²) in [6, 6.07) is 11.9. The molecule has 1 aliphatic rings. The van der Waals surface area contributed by atoms with E-state index in [-0.39, 0.29) is 11.9 Å². The number of halogens is 3. The van der Waals surface area contributed by atoms with Crippen molar-refractivity contribution in [1.29, 1.82) is 0 Å². The molecule has 4 rings (SSSR count). The third-order valence-electron chi connectivity index (χ3n) is 5.31. The van der Waals surface area contributed by atoms with Gasteiger partial charge in [0.15, 0.2) is 0 Å². The van der Waals surface area contributed by atoms with Crippen molar-refractivity contribution in [2.24, 2.45) is 0 Å². The molecule has 2 heterocycles. The number of piperidine rings is 1. The second-order valence-corrected chi connectivity index (χ2v) is 7.59. The number of likely N-dealkylation sites (tertiary alicyclic amines) is 1. The third kappa shape index (κ3) is 4.87. The number of benzene rings is 2. The highest BCUT2D eigenvalue weighted by molar-refractivity contribution is 5.89. The first kappa shape index (κ1) is 20.9. The molecule has 6 nitrogen and oxygen atoms in total. The summed E-state index contributed by atoms with van der Waals surface area (Å²) in [5, 5.41) is 6.72. The lowest BCUT2D eigenvalue weighted by Crippen LogP contribution is -2.40. The van der Waals surface area contributed by atoms with Crippen molar-refractivity contribution in [2.45, 2.75) is 31.9 Å². The Balaban J connectivity index is 1.33. The Morgan fingerprint density at radius 3 is 2.48 bits per heavy atom. The van der Waals surface area contributed by atoms with E-state index in [0.717, 1.165) is 23.3 Å². The molecule has 1 aromatic heterocycles. The van der Waals surface area contributed by atoms with E-state index >= 15 is 0 Å². The quantitative estimate of drug-likeness (QED) is 0.598. The topological polar surface area (TPSA) is 71.3 Å². The van der Waals surface area contributed by atoms with Crippen LogP contribution in [0.15, 0.2) is 53.1 Å². The number of anilines is 1. The van der Waals surface area contributed by atoms with Crippen LogP contribution in [-0.4, -0.2) is 34.2 Å². The van der Waals surface area contributed by atoms with Crippen molar-refractivity contribution < 1.29 is 22.5 Å². The minimum atomic E-state index is -4.40. The number of urea groups is 1. The summed E-state index contributed by atoms with van der Waals surface area (Å²) in [5.74, 6) is 1.15. The fraction of sp³-hybridized carbons (Fsp3) is 0.318. The average molecular weight is 430 g/mol. The van der Waals surface area contributed by atoms with Gasteiger partial charge < -0.3 is 14.7 Å². The summed E-state index contributed by atoms with van der Waals surface area (Å²) < 4.78 is 43.4. The maximum absolute atomic E-state index is 12.7. The molecular formula is C22H21F3N4O2. The predicted molar refractivity (Wildman–Crippen MR) is 108 cm³/mol. The zero-order valence-corrected chi connectivity index (χ0v) is 16.8. The van der Waals surface area contributed by atoms with Gasteiger partial charge in [0, 0.05) is 30.3 Å². The van der Waals surface area contributed by atoms with Crippen LogP contribution in [0.4, 0.5) is 23.7 Å². The van der Waals surface area contributed by atoms with E-state index in [0.29, 0.717) is 43.3 Å². The zero-order valence-electron chi connectivity index (χ0n) is 16.8. The molecule has 0 spiro atoms. The lowest BCUT2D eigenvalue weighted by molar-refractivity contribution is -0.137. The van der Waals surface area contributed by atoms with Crippen LogP contribution in [0.3, 0.4) is 0 Å². The van der Waals surface area contributed by atoms with E-state index in [2.05, 4.69) is 15.5 Å². The zero-order chi connectivity index (χ0) is 22.0. The van der Waals surface area contributed by atoms with Crippen LogP contribution in [0.2, 0.25) is 0 Å². The minimum absolute atomic E-state index is 0.0566. The van der Waals surface area contributed by atoms with Crippen molar-refractivity contribution in [1.82, 2.24) is 15.0 Å². The largest absolute Gasteiger partial charge is 0.416 e. The Labute approximate surface area is 177 Å². The first-order chi connectivity index (χ1) is 14.8. The van der Waals surface area contributed by atoms with Crippen molar-refractivity contribution in [3.8, 4) is 11.4 Å². The minimum Gasteiger partial charge on any atom is -0.339 e. The Hall–Kier alpha value is -3.36. The van der Waals surface area contributed by atoms with Gasteiger partial charge in [-0.05, 0) is 50.1 Å². The molecule has 0 atom stereocenters. The molecule has 0 saturated carbocycles. The molecule has 1 saturated heterocycles. The van der Waals surface area contributed by atoms with E-state index in [4.69, 9.17) is 4.52 Å². The van der Waals surface area contributed by atoms with Gasteiger partial charge in [0.25, 0.3) is 0 Å². The Bertz CT molecular complexity index is 1060. The van der Waals surface area contributed by atoms with E-state index < -0.39 is 11.7 Å². The molecule has 0 unspecified atom stereocenters. The molecule has 2 amide bonds. The standard InChI is InChI=1S/C22H21F3N4O2/c1-14-3-2-4-16(13-14)19-27-20(31-28-19)15-9-11-29(12-10-15)21(30)26-18-7-5-17(6-8-18)22(23,24)25/h2-8,13,15H,9-12H2,1H3,(H,26,30). The van der Waals surface area contributed by atoms with Gasteiger partial charge in [-0.3, -0.25) is 0 Å². The Morgan fingerprint density at radius 1 is 1.13 bits per heavy atom. The molecular weight excluding hydrogens is 409 g/mol. The van der Waals surface area contributed by atoms with E-state index in [1.54, 1.807) is 4.90 Å². The molecule has 1 N–H and O–H groups in total. The lowest BCUT2D eigenvalue weighted by atomic mass is 9.97. The van der Waals surface area contributed by atoms with Crippen LogP contribution in [0.25, 0.3) is 11.4 Å². The SMILES string of the molecule is Cc1cccc(-c2noc(C3CCN(C(=O)Nc4ccc(C(F)(F)F)cc4)CC3)n2)c1. The lowest BCUT2D eigenvalue weighted by Gasteiger charge is -2.30. The second kappa shape index (κ2) is 8.41. The van der Waals surface area contributed by atoms with Gasteiger partial charge in [-0.25, -0.2) is 4.79 Å². The van der Waals surface area contributed by atoms with Crippen LogP contribution in [-0.2, 0) is 6.18 Å². The summed E-state index contributed by atoms with van der Waals surface area (Å²) in [4.78, 5) is 18.6. The van der Waals surface area contributed by atoms with Gasteiger partial charge in [-0.15, -0.1) is 0 Å². The fourth-order valence-electron chi connectivity index (χ4n) is 3.58. The third-order valence-corrected chi connectivity index (χ3v) is 5.31. The summed E-state index contributed by atoms with van der Waals surface area (Å²) in [5.41, 5.74) is 1.57. The van der Waals surface area contributed by atoms with Gasteiger partial charge in [-0.2, -0.15) is 18.2 Å². The number of hydrogen-bond donors (Lipinski definition) is 1. The fourth-order valence-corrected chi connectivity index (χ4v) is 3.58. The number of carbonyl (C=O) groups is 1. The number of aromatic nitrogens is 2. The first-order valence-corrected chi connectivity index (χ1v) is 9.93. The van der Waals surface area contributed by atoms with Crippen molar-refractivity contribution >= 4 is 11.7 Å². The van der Waals surface area contributed by atoms with Crippen LogP contribution < -0.4 is 5.32 Å². The van der Waals surface area contributed by atoms with Gasteiger partial charge in [0.05, 0.1) is 5.56 Å². The van der Waals surface area contributed by atoms with E-state index in [9.17, 15) is 18.0 Å². The van der Waals surface area contributed by atoms with Gasteiger partial charge in [0.1, 0.15) is 0 Å². The molecule has 3 aromatic rings. The van der Waals surface area contributed by atoms with Crippen LogP contribution in [0, 0.1) is 6.92 Å². The highest BCUT2D eigenvalue weighted by Crippen LogP contribution is 2.31. The first-order valence-electron chi connectivity index (χ1n) is 9.93. The maximum atomic E-state index is 12.7. The maximum Gasteiger partial charge on any atom is 0.416 e. The Kier molecular flexibility index (Phi) is 5.67. The van der Waals surface area contributed by atoms with E-state index in [1.165, 1.54) is 12.1 Å². The number of carbonyl (C=O) groups excluding carboxylic acids is 1. The van der Waals surface area contributed by atoms with Crippen molar-refractivity contribution in [2.75, 3.05) is 18.4 Å². The molecule has 2 aromatic carbocycles. The molecule has 31 heavy (non-hydrogen) atoms. The number of amides is 2. The smallest absolute Gasteiger partial charge is 0.339 e. The number of rotatable bonds is 3. The second-order valence-electron chi connectivity index (χ2n) is 7.59. The monoisotopic (exact) mass is 430 g/mol. The number of nitrogens with one attached hydrogen (secondary N) is 1. The highest BCUT2D eigenvalue weighted by atomic mass is 19.4. The number of nitrogens with zero attached hydrogens (tertiary/aromatic N) is 3. The molecule has 1 fully saturated rings. The average Bonchev–Trinajstić information content (AvgIpc) is 3.24. The molecule has 9 heteroatoms. The van der Waals surface area contributed by atoms with E-state index in [1.807, 2.05) is 31.2 Å². The number of alkyl halides is 3. The predicted octanol–water partition coefficient (Wildman–Crippen LogP) is 5.48. The number of aryl methyl sites for hydroxylation is 1. The van der Waals surface area contributed by atoms with Crippen LogP contribution in [0.5, 0.6) is 0 Å². The van der Waals surface area contributed by atoms with Crippen LogP contribution >= 0.6 is 0 Å². The normalized spacial score (nSPS) is 15.2. The van der Waals surface area contributed by atoms with Gasteiger partial charge in [-0.1, -0.05) is 28.9 Å². The van der Waals surface area contributed by atoms with Gasteiger partial charge in [0.2, 0.25) is 11.7 Å². The van der Waals surface area contributed by atoms with Crippen LogP contribution in [0.1, 0.15) is 35.8 Å². The Morgan fingerprint density at radius 2 is 1.84 bits per heavy atom. The summed E-state index contributed by atoms with van der Waals surface area (Å²) in [6.45, 7) is 2.97. The summed E-state index contributed by atoms with van der Waals surface area (Å²) in [6.07, 6.45) is -3.08. The molecule has 0 radical (unpaired) electrons.